The predicted molar refractivity (Wildman–Crippen MR) is 51.2 cm³/mol. The van der Waals surface area contributed by atoms with Crippen molar-refractivity contribution in [3.8, 4) is 5.88 Å². The van der Waals surface area contributed by atoms with Gasteiger partial charge in [-0.05, 0) is 13.8 Å². The molecule has 72 valence electrons. The van der Waals surface area contributed by atoms with Crippen LogP contribution in [0.5, 0.6) is 5.88 Å². The molecule has 0 amide bonds. The van der Waals surface area contributed by atoms with Gasteiger partial charge in [0.15, 0.2) is 5.65 Å². The number of aryl methyl sites for hydroxylation is 2. The molecule has 5 nitrogen and oxygen atoms in total. The molecule has 0 saturated carbocycles. The number of hydrogen-bond donors (Lipinski definition) is 0. The van der Waals surface area contributed by atoms with Crippen LogP contribution in [-0.2, 0) is 0 Å². The number of aromatic nitrogens is 4. The molecule has 0 fully saturated rings. The van der Waals surface area contributed by atoms with Gasteiger partial charge in [0.25, 0.3) is 0 Å². The van der Waals surface area contributed by atoms with Crippen molar-refractivity contribution < 1.29 is 4.74 Å². The van der Waals surface area contributed by atoms with Gasteiger partial charge >= 0.3 is 0 Å². The number of nitrogens with zero attached hydrogens (tertiary/aromatic N) is 4. The molecule has 0 aliphatic carbocycles. The fourth-order valence-corrected chi connectivity index (χ4v) is 1.09. The van der Waals surface area contributed by atoms with Crippen molar-refractivity contribution in [1.82, 2.24) is 19.9 Å². The average molecular weight is 190 g/mol. The van der Waals surface area contributed by atoms with Gasteiger partial charge in [-0.2, -0.15) is 4.98 Å². The van der Waals surface area contributed by atoms with E-state index in [2.05, 4.69) is 19.9 Å². The Hall–Kier alpha value is -1.78. The van der Waals surface area contributed by atoms with Crippen molar-refractivity contribution in [2.24, 2.45) is 0 Å². The van der Waals surface area contributed by atoms with E-state index in [9.17, 15) is 0 Å². The monoisotopic (exact) mass is 190 g/mol. The molecule has 2 aromatic rings. The van der Waals surface area contributed by atoms with Crippen LogP contribution in [0.4, 0.5) is 0 Å². The van der Waals surface area contributed by atoms with Crippen molar-refractivity contribution >= 4 is 11.3 Å². The fraction of sp³-hybridized carbons (Fsp3) is 0.333. The Bertz CT molecular complexity index is 483. The molecule has 0 aliphatic heterocycles. The summed E-state index contributed by atoms with van der Waals surface area (Å²) >= 11 is 0. The lowest BCUT2D eigenvalue weighted by Gasteiger charge is -2.02. The minimum atomic E-state index is 0.454. The van der Waals surface area contributed by atoms with Gasteiger partial charge in [-0.15, -0.1) is 0 Å². The van der Waals surface area contributed by atoms with Crippen LogP contribution in [0.15, 0.2) is 6.20 Å². The van der Waals surface area contributed by atoms with E-state index in [4.69, 9.17) is 4.74 Å². The number of rotatable bonds is 1. The van der Waals surface area contributed by atoms with Gasteiger partial charge in [0.1, 0.15) is 0 Å². The Morgan fingerprint density at radius 2 is 1.64 bits per heavy atom. The number of fused-ring (bicyclic) bond motifs is 1. The van der Waals surface area contributed by atoms with E-state index in [-0.39, 0.29) is 0 Å². The Balaban J connectivity index is 2.70. The molecule has 0 unspecified atom stereocenters. The van der Waals surface area contributed by atoms with Crippen molar-refractivity contribution in [2.75, 3.05) is 7.11 Å². The van der Waals surface area contributed by atoms with Crippen LogP contribution >= 0.6 is 0 Å². The molecule has 0 spiro atoms. The largest absolute Gasteiger partial charge is 0.480 e. The number of methoxy groups -OCH3 is 1. The molecular weight excluding hydrogens is 180 g/mol. The minimum Gasteiger partial charge on any atom is -0.480 e. The standard InChI is InChI=1S/C9H10N4O/c1-5-6(2)12-9-8(11-5)10-4-7(13-9)14-3/h4H,1-3H3. The van der Waals surface area contributed by atoms with Crippen LogP contribution in [0.25, 0.3) is 11.3 Å². The first kappa shape index (κ1) is 8.80. The minimum absolute atomic E-state index is 0.454. The average Bonchev–Trinajstić information content (AvgIpc) is 2.19. The van der Waals surface area contributed by atoms with Gasteiger partial charge in [-0.3, -0.25) is 0 Å². The van der Waals surface area contributed by atoms with Gasteiger partial charge in [-0.25, -0.2) is 15.0 Å². The summed E-state index contributed by atoms with van der Waals surface area (Å²) in [5.41, 5.74) is 2.80. The van der Waals surface area contributed by atoms with Crippen LogP contribution < -0.4 is 4.74 Å². The van der Waals surface area contributed by atoms with E-state index < -0.39 is 0 Å². The summed E-state index contributed by atoms with van der Waals surface area (Å²) in [4.78, 5) is 16.8. The first-order valence-electron chi connectivity index (χ1n) is 4.22. The van der Waals surface area contributed by atoms with E-state index in [1.54, 1.807) is 7.11 Å². The first-order chi connectivity index (χ1) is 6.70. The summed E-state index contributed by atoms with van der Waals surface area (Å²) in [7, 11) is 1.55. The Morgan fingerprint density at radius 3 is 2.29 bits per heavy atom. The molecule has 0 aliphatic rings. The normalized spacial score (nSPS) is 10.5. The highest BCUT2D eigenvalue weighted by Gasteiger charge is 2.04. The maximum atomic E-state index is 4.95. The van der Waals surface area contributed by atoms with Crippen LogP contribution in [0.2, 0.25) is 0 Å². The third kappa shape index (κ3) is 1.37. The van der Waals surface area contributed by atoms with Gasteiger partial charge in [-0.1, -0.05) is 0 Å². The topological polar surface area (TPSA) is 60.8 Å². The van der Waals surface area contributed by atoms with E-state index in [1.165, 1.54) is 6.20 Å². The quantitative estimate of drug-likeness (QED) is 0.672. The predicted octanol–water partition coefficient (Wildman–Crippen LogP) is 1.05. The lowest BCUT2D eigenvalue weighted by atomic mass is 10.3. The molecule has 0 N–H and O–H groups in total. The highest BCUT2D eigenvalue weighted by molar-refractivity contribution is 5.65. The molecule has 5 heteroatoms. The maximum absolute atomic E-state index is 4.95. The van der Waals surface area contributed by atoms with Crippen LogP contribution in [0, 0.1) is 13.8 Å². The molecule has 14 heavy (non-hydrogen) atoms. The Morgan fingerprint density at radius 1 is 1.00 bits per heavy atom. The van der Waals surface area contributed by atoms with Crippen molar-refractivity contribution in [1.29, 1.82) is 0 Å². The summed E-state index contributed by atoms with van der Waals surface area (Å²) in [6.07, 6.45) is 1.53. The van der Waals surface area contributed by atoms with E-state index in [0.29, 0.717) is 17.2 Å². The molecule has 2 heterocycles. The van der Waals surface area contributed by atoms with E-state index in [0.717, 1.165) is 11.4 Å². The second-order valence-electron chi connectivity index (χ2n) is 2.95. The molecule has 0 bridgehead atoms. The van der Waals surface area contributed by atoms with Crippen LogP contribution in [-0.4, -0.2) is 27.0 Å². The maximum Gasteiger partial charge on any atom is 0.234 e. The molecule has 2 aromatic heterocycles. The van der Waals surface area contributed by atoms with Crippen molar-refractivity contribution in [3.05, 3.63) is 17.6 Å². The highest BCUT2D eigenvalue weighted by atomic mass is 16.5. The fourth-order valence-electron chi connectivity index (χ4n) is 1.09. The summed E-state index contributed by atoms with van der Waals surface area (Å²) < 4.78 is 4.95. The molecule has 0 radical (unpaired) electrons. The molecule has 0 aromatic carbocycles. The smallest absolute Gasteiger partial charge is 0.234 e. The second kappa shape index (κ2) is 3.17. The number of ether oxygens (including phenoxy) is 1. The third-order valence-electron chi connectivity index (χ3n) is 1.99. The van der Waals surface area contributed by atoms with Crippen molar-refractivity contribution in [2.45, 2.75) is 13.8 Å². The highest BCUT2D eigenvalue weighted by Crippen LogP contribution is 2.11. The molecular formula is C9H10N4O. The molecule has 2 rings (SSSR count). The van der Waals surface area contributed by atoms with Crippen LogP contribution in [0.1, 0.15) is 11.4 Å². The summed E-state index contributed by atoms with van der Waals surface area (Å²) in [5, 5.41) is 0. The zero-order valence-corrected chi connectivity index (χ0v) is 8.27. The Kier molecular flexibility index (Phi) is 1.99. The SMILES string of the molecule is COc1cnc2nc(C)c(C)nc2n1. The van der Waals surface area contributed by atoms with Gasteiger partial charge in [0.2, 0.25) is 11.5 Å². The molecule has 0 atom stereocenters. The Labute approximate surface area is 81.2 Å². The van der Waals surface area contributed by atoms with Gasteiger partial charge in [0, 0.05) is 0 Å². The number of hydrogen-bond acceptors (Lipinski definition) is 5. The second-order valence-corrected chi connectivity index (χ2v) is 2.95. The van der Waals surface area contributed by atoms with Gasteiger partial charge in [0.05, 0.1) is 24.7 Å². The first-order valence-corrected chi connectivity index (χ1v) is 4.22. The zero-order chi connectivity index (χ0) is 10.1. The third-order valence-corrected chi connectivity index (χ3v) is 1.99. The zero-order valence-electron chi connectivity index (χ0n) is 8.27. The van der Waals surface area contributed by atoms with Crippen LogP contribution in [0.3, 0.4) is 0 Å². The summed E-state index contributed by atoms with van der Waals surface area (Å²) in [6.45, 7) is 3.79. The van der Waals surface area contributed by atoms with E-state index >= 15 is 0 Å². The summed E-state index contributed by atoms with van der Waals surface area (Å²) in [5.74, 6) is 0.454. The van der Waals surface area contributed by atoms with Gasteiger partial charge < -0.3 is 4.74 Å². The summed E-state index contributed by atoms with van der Waals surface area (Å²) in [6, 6.07) is 0. The van der Waals surface area contributed by atoms with Crippen molar-refractivity contribution in [3.63, 3.8) is 0 Å². The van der Waals surface area contributed by atoms with E-state index in [1.807, 2.05) is 13.8 Å². The lowest BCUT2D eigenvalue weighted by molar-refractivity contribution is 0.397. The molecule has 0 saturated heterocycles. The lowest BCUT2D eigenvalue weighted by Crippen LogP contribution is -1.98.